The van der Waals surface area contributed by atoms with Crippen LogP contribution in [0.25, 0.3) is 0 Å². The third-order valence-corrected chi connectivity index (χ3v) is 18.8. The molecule has 13 nitrogen and oxygen atoms in total. The van der Waals surface area contributed by atoms with Gasteiger partial charge < -0.3 is 28.4 Å². The van der Waals surface area contributed by atoms with Crippen molar-refractivity contribution < 1.29 is 50.1 Å². The standard InChI is InChI=1S/C39H78N2O11S2Si2/c1-37(2,3)52-36(42)41(54(45,46)28-30-56(10,11)12)24-18-16-14-13-15-17-21-39(49-6)22-19-34(20-26-50-32-47-4)38(31-51-33-48-5)23-25-40(35(38)39)53(43,44)27-29-55(7,8)9/h13,15,34-35H,14,16-33H2,1-12H3/b15-13-/t34-,35-,38+,39+/m1/s1. The summed E-state index contributed by atoms with van der Waals surface area (Å²) in [6.45, 7) is 19.8. The molecule has 0 aromatic heterocycles. The first-order chi connectivity index (χ1) is 25.9. The minimum absolute atomic E-state index is 0.0662. The van der Waals surface area contributed by atoms with Crippen LogP contribution in [0.1, 0.15) is 78.6 Å². The molecule has 2 rings (SSSR count). The molecular weight excluding hydrogens is 793 g/mol. The number of rotatable bonds is 26. The van der Waals surface area contributed by atoms with E-state index in [1.165, 1.54) is 0 Å². The van der Waals surface area contributed by atoms with Gasteiger partial charge in [-0.05, 0) is 96.6 Å². The van der Waals surface area contributed by atoms with Crippen LogP contribution in [0.15, 0.2) is 12.2 Å². The Morgan fingerprint density at radius 3 is 2.05 bits per heavy atom. The quantitative estimate of drug-likeness (QED) is 0.0368. The van der Waals surface area contributed by atoms with Gasteiger partial charge >= 0.3 is 6.09 Å². The average molecular weight is 871 g/mol. The summed E-state index contributed by atoms with van der Waals surface area (Å²) in [5.41, 5.74) is -2.03. The molecule has 1 saturated heterocycles. The highest BCUT2D eigenvalue weighted by atomic mass is 32.2. The number of carbonyl (C=O) groups excluding carboxylic acids is 1. The van der Waals surface area contributed by atoms with Crippen LogP contribution in [0.4, 0.5) is 4.79 Å². The lowest BCUT2D eigenvalue weighted by Gasteiger charge is -2.56. The van der Waals surface area contributed by atoms with Crippen LogP contribution in [-0.2, 0) is 48.5 Å². The van der Waals surface area contributed by atoms with E-state index in [1.807, 2.05) is 0 Å². The summed E-state index contributed by atoms with van der Waals surface area (Å²) in [4.78, 5) is 13.0. The van der Waals surface area contributed by atoms with Crippen molar-refractivity contribution in [2.45, 2.75) is 147 Å². The molecule has 0 N–H and O–H groups in total. The van der Waals surface area contributed by atoms with Crippen molar-refractivity contribution in [3.05, 3.63) is 12.2 Å². The maximum absolute atomic E-state index is 14.3. The number of methoxy groups -OCH3 is 3. The summed E-state index contributed by atoms with van der Waals surface area (Å²) in [7, 11) is -5.82. The van der Waals surface area contributed by atoms with Crippen molar-refractivity contribution in [3.8, 4) is 0 Å². The largest absolute Gasteiger partial charge is 0.443 e. The molecule has 0 radical (unpaired) electrons. The highest BCUT2D eigenvalue weighted by Crippen LogP contribution is 2.58. The van der Waals surface area contributed by atoms with Crippen molar-refractivity contribution >= 4 is 42.3 Å². The number of amides is 1. The molecule has 0 bridgehead atoms. The Kier molecular flexibility index (Phi) is 20.2. The number of carbonyl (C=O) groups is 1. The summed E-state index contributed by atoms with van der Waals surface area (Å²) in [6.07, 6.45) is 9.56. The molecule has 1 aliphatic carbocycles. The van der Waals surface area contributed by atoms with Gasteiger partial charge in [0.15, 0.2) is 0 Å². The fourth-order valence-electron chi connectivity index (χ4n) is 8.02. The van der Waals surface area contributed by atoms with E-state index in [4.69, 9.17) is 28.4 Å². The van der Waals surface area contributed by atoms with Crippen molar-refractivity contribution in [3.63, 3.8) is 0 Å². The van der Waals surface area contributed by atoms with Crippen LogP contribution in [-0.4, -0.2) is 138 Å². The summed E-state index contributed by atoms with van der Waals surface area (Å²) in [5.74, 6) is 0.209. The molecule has 4 atom stereocenters. The predicted octanol–water partition coefficient (Wildman–Crippen LogP) is 7.55. The van der Waals surface area contributed by atoms with Crippen LogP contribution in [0.3, 0.4) is 0 Å². The first-order valence-corrected chi connectivity index (χ1v) is 31.1. The van der Waals surface area contributed by atoms with Gasteiger partial charge in [-0.15, -0.1) is 0 Å². The normalized spacial score (nSPS) is 24.1. The van der Waals surface area contributed by atoms with Crippen molar-refractivity contribution in [1.29, 1.82) is 0 Å². The minimum Gasteiger partial charge on any atom is -0.443 e. The van der Waals surface area contributed by atoms with E-state index < -0.39 is 64.9 Å². The Hall–Kier alpha value is -0.896. The highest BCUT2D eigenvalue weighted by Gasteiger charge is 2.65. The second-order valence-corrected chi connectivity index (χ2v) is 34.5. The van der Waals surface area contributed by atoms with Crippen LogP contribution in [0.2, 0.25) is 51.4 Å². The van der Waals surface area contributed by atoms with Gasteiger partial charge in [-0.2, -0.15) is 4.31 Å². The number of nitrogens with zero attached hydrogens (tertiary/aromatic N) is 2. The molecule has 1 aliphatic heterocycles. The summed E-state index contributed by atoms with van der Waals surface area (Å²) in [6, 6.07) is 0.830. The van der Waals surface area contributed by atoms with Crippen molar-refractivity contribution in [2.24, 2.45) is 11.3 Å². The fraction of sp³-hybridized carbons (Fsp3) is 0.923. The van der Waals surface area contributed by atoms with Gasteiger partial charge in [0.1, 0.15) is 19.2 Å². The summed E-state index contributed by atoms with van der Waals surface area (Å²) >= 11 is 0. The zero-order valence-corrected chi connectivity index (χ0v) is 40.6. The molecule has 2 fully saturated rings. The average Bonchev–Trinajstić information content (AvgIpc) is 3.49. The Bertz CT molecular complexity index is 1450. The Labute approximate surface area is 343 Å². The topological polar surface area (TPSA) is 147 Å². The van der Waals surface area contributed by atoms with E-state index >= 15 is 0 Å². The van der Waals surface area contributed by atoms with Gasteiger partial charge in [-0.1, -0.05) is 51.4 Å². The lowest BCUT2D eigenvalue weighted by molar-refractivity contribution is -0.171. The molecule has 2 aliphatic rings. The lowest BCUT2D eigenvalue weighted by Crippen LogP contribution is -2.65. The lowest BCUT2D eigenvalue weighted by atomic mass is 9.57. The predicted molar refractivity (Wildman–Crippen MR) is 229 cm³/mol. The number of hydrogen-bond acceptors (Lipinski definition) is 11. The number of fused-ring (bicyclic) bond motifs is 1. The van der Waals surface area contributed by atoms with Gasteiger partial charge in [0, 0.05) is 62.6 Å². The first kappa shape index (κ1) is 51.2. The second-order valence-electron chi connectivity index (χ2n) is 19.2. The molecule has 1 saturated carbocycles. The van der Waals surface area contributed by atoms with Gasteiger partial charge in [-0.25, -0.2) is 25.9 Å². The highest BCUT2D eigenvalue weighted by molar-refractivity contribution is 7.89. The first-order valence-electron chi connectivity index (χ1n) is 20.5. The van der Waals surface area contributed by atoms with Crippen molar-refractivity contribution in [1.82, 2.24) is 8.61 Å². The van der Waals surface area contributed by atoms with Crippen LogP contribution in [0, 0.1) is 11.3 Å². The van der Waals surface area contributed by atoms with Gasteiger partial charge in [-0.3, -0.25) is 0 Å². The molecule has 56 heavy (non-hydrogen) atoms. The fourth-order valence-corrected chi connectivity index (χ4v) is 17.2. The SMILES string of the molecule is COCOCC[C@H]1CC[C@](CC/C=C\CCCCN(C(=O)OC(C)(C)C)S(=O)(=O)CC[Si](C)(C)C)(OC)[C@@H]2N(S(=O)(=O)CC[Si](C)(C)C)CC[C@]12COCOC. The molecule has 0 spiro atoms. The molecule has 17 heteroatoms. The van der Waals surface area contributed by atoms with Gasteiger partial charge in [0.2, 0.25) is 20.0 Å². The third kappa shape index (κ3) is 15.9. The van der Waals surface area contributed by atoms with E-state index in [0.717, 1.165) is 17.1 Å². The Morgan fingerprint density at radius 1 is 0.857 bits per heavy atom. The number of allylic oxidation sites excluding steroid dienone is 2. The van der Waals surface area contributed by atoms with Gasteiger partial charge in [0.25, 0.3) is 0 Å². The van der Waals surface area contributed by atoms with Crippen LogP contribution in [0.5, 0.6) is 0 Å². The molecule has 0 aromatic rings. The smallest absolute Gasteiger partial charge is 0.424 e. The summed E-state index contributed by atoms with van der Waals surface area (Å²) in [5, 5.41) is 0. The van der Waals surface area contributed by atoms with E-state index in [-0.39, 0.29) is 37.6 Å². The maximum Gasteiger partial charge on any atom is 0.424 e. The van der Waals surface area contributed by atoms with Gasteiger partial charge in [0.05, 0.1) is 29.8 Å². The Morgan fingerprint density at radius 2 is 1.46 bits per heavy atom. The number of sulfonamides is 2. The monoisotopic (exact) mass is 870 g/mol. The molecular formula is C39H78N2O11S2Si2. The Balaban J connectivity index is 2.27. The molecule has 0 aromatic carbocycles. The molecule has 330 valence electrons. The molecule has 1 amide bonds. The maximum atomic E-state index is 14.3. The minimum atomic E-state index is -3.82. The number of ether oxygens (including phenoxy) is 6. The summed E-state index contributed by atoms with van der Waals surface area (Å²) < 4.78 is 92.2. The van der Waals surface area contributed by atoms with Crippen LogP contribution >= 0.6 is 0 Å². The van der Waals surface area contributed by atoms with E-state index in [0.29, 0.717) is 76.8 Å². The molecule has 0 unspecified atom stereocenters. The van der Waals surface area contributed by atoms with E-state index in [9.17, 15) is 21.6 Å². The zero-order valence-electron chi connectivity index (χ0n) is 36.9. The number of unbranched alkanes of at least 4 members (excludes halogenated alkanes) is 2. The molecule has 1 heterocycles. The second kappa shape index (κ2) is 22.1. The van der Waals surface area contributed by atoms with Crippen LogP contribution < -0.4 is 0 Å². The van der Waals surface area contributed by atoms with Crippen molar-refractivity contribution in [2.75, 3.05) is 72.7 Å². The zero-order chi connectivity index (χ0) is 42.5. The third-order valence-electron chi connectivity index (χ3n) is 11.0. The number of hydrogen-bond donors (Lipinski definition) is 0. The van der Waals surface area contributed by atoms with E-state index in [2.05, 4.69) is 51.4 Å². The van der Waals surface area contributed by atoms with E-state index in [1.54, 1.807) is 46.4 Å².